The first kappa shape index (κ1) is 13.9. The van der Waals surface area contributed by atoms with Crippen LogP contribution in [0.4, 0.5) is 11.4 Å². The first-order chi connectivity index (χ1) is 9.66. The van der Waals surface area contributed by atoms with Gasteiger partial charge in [0.15, 0.2) is 0 Å². The van der Waals surface area contributed by atoms with Gasteiger partial charge in [0.25, 0.3) is 5.91 Å². The normalized spacial score (nSPS) is 9.70. The fraction of sp³-hybridized carbons (Fsp3) is 0.118. The standard InChI is InChI=1S/C17H18N2O/c1-13(2)12-18-17(20)15-10-6-7-11-16(15)19-14-8-4-3-5-9-14/h3-12,19H,1-2H3,(H,18,20). The van der Waals surface area contributed by atoms with E-state index < -0.39 is 0 Å². The molecule has 0 bridgehead atoms. The van der Waals surface area contributed by atoms with Crippen molar-refractivity contribution >= 4 is 17.3 Å². The van der Waals surface area contributed by atoms with Crippen LogP contribution in [0.5, 0.6) is 0 Å². The SMILES string of the molecule is CC(C)=CNC(=O)c1ccccc1Nc1ccccc1. The second kappa shape index (κ2) is 6.57. The monoisotopic (exact) mass is 266 g/mol. The zero-order valence-electron chi connectivity index (χ0n) is 11.7. The lowest BCUT2D eigenvalue weighted by Gasteiger charge is -2.11. The van der Waals surface area contributed by atoms with Crippen molar-refractivity contribution in [3.8, 4) is 0 Å². The van der Waals surface area contributed by atoms with Crippen LogP contribution < -0.4 is 10.6 Å². The van der Waals surface area contributed by atoms with Gasteiger partial charge in [-0.3, -0.25) is 4.79 Å². The summed E-state index contributed by atoms with van der Waals surface area (Å²) in [4.78, 5) is 12.2. The number of amides is 1. The molecule has 0 aromatic heterocycles. The van der Waals surface area contributed by atoms with Crippen LogP contribution >= 0.6 is 0 Å². The molecule has 0 heterocycles. The van der Waals surface area contributed by atoms with E-state index in [0.717, 1.165) is 16.9 Å². The first-order valence-electron chi connectivity index (χ1n) is 6.52. The second-order valence-electron chi connectivity index (χ2n) is 4.73. The van der Waals surface area contributed by atoms with Crippen LogP contribution in [0.25, 0.3) is 0 Å². The molecule has 20 heavy (non-hydrogen) atoms. The highest BCUT2D eigenvalue weighted by molar-refractivity contribution is 6.00. The Morgan fingerprint density at radius 3 is 2.30 bits per heavy atom. The van der Waals surface area contributed by atoms with Crippen molar-refractivity contribution in [2.45, 2.75) is 13.8 Å². The van der Waals surface area contributed by atoms with Crippen molar-refractivity contribution in [1.82, 2.24) is 5.32 Å². The Balaban J connectivity index is 2.22. The maximum absolute atomic E-state index is 12.2. The molecule has 2 aromatic carbocycles. The van der Waals surface area contributed by atoms with Gasteiger partial charge < -0.3 is 10.6 Å². The molecule has 3 nitrogen and oxygen atoms in total. The van der Waals surface area contributed by atoms with Gasteiger partial charge in [0.1, 0.15) is 0 Å². The number of hydrogen-bond donors (Lipinski definition) is 2. The van der Waals surface area contributed by atoms with Crippen LogP contribution in [-0.4, -0.2) is 5.91 Å². The molecule has 0 unspecified atom stereocenters. The quantitative estimate of drug-likeness (QED) is 0.875. The third-order valence-corrected chi connectivity index (χ3v) is 2.72. The number of hydrogen-bond acceptors (Lipinski definition) is 2. The summed E-state index contributed by atoms with van der Waals surface area (Å²) in [5, 5.41) is 6.04. The molecule has 1 amide bonds. The fourth-order valence-corrected chi connectivity index (χ4v) is 1.75. The van der Waals surface area contributed by atoms with Crippen molar-refractivity contribution in [2.75, 3.05) is 5.32 Å². The molecule has 0 fully saturated rings. The highest BCUT2D eigenvalue weighted by Gasteiger charge is 2.09. The van der Waals surface area contributed by atoms with Crippen LogP contribution in [-0.2, 0) is 0 Å². The highest BCUT2D eigenvalue weighted by atomic mass is 16.1. The second-order valence-corrected chi connectivity index (χ2v) is 4.73. The Morgan fingerprint density at radius 2 is 1.60 bits per heavy atom. The van der Waals surface area contributed by atoms with Crippen LogP contribution in [0, 0.1) is 0 Å². The molecular formula is C17H18N2O. The average molecular weight is 266 g/mol. The minimum absolute atomic E-state index is 0.120. The molecule has 0 atom stereocenters. The predicted octanol–water partition coefficient (Wildman–Crippen LogP) is 4.08. The van der Waals surface area contributed by atoms with Crippen LogP contribution in [0.1, 0.15) is 24.2 Å². The number of allylic oxidation sites excluding steroid dienone is 1. The summed E-state index contributed by atoms with van der Waals surface area (Å²) >= 11 is 0. The number of carbonyl (C=O) groups excluding carboxylic acids is 1. The summed E-state index contributed by atoms with van der Waals surface area (Å²) in [5.41, 5.74) is 3.41. The maximum Gasteiger partial charge on any atom is 0.257 e. The van der Waals surface area contributed by atoms with E-state index in [4.69, 9.17) is 0 Å². The van der Waals surface area contributed by atoms with Crippen molar-refractivity contribution < 1.29 is 4.79 Å². The number of anilines is 2. The molecular weight excluding hydrogens is 248 g/mol. The molecule has 0 saturated heterocycles. The summed E-state index contributed by atoms with van der Waals surface area (Å²) in [7, 11) is 0. The lowest BCUT2D eigenvalue weighted by molar-refractivity contribution is 0.0970. The number of para-hydroxylation sites is 2. The smallest absolute Gasteiger partial charge is 0.257 e. The minimum Gasteiger partial charge on any atom is -0.355 e. The molecule has 2 N–H and O–H groups in total. The molecule has 0 aliphatic carbocycles. The van der Waals surface area contributed by atoms with Crippen molar-refractivity contribution in [1.29, 1.82) is 0 Å². The van der Waals surface area contributed by atoms with Gasteiger partial charge in [-0.15, -0.1) is 0 Å². The molecule has 2 aromatic rings. The number of benzene rings is 2. The van der Waals surface area contributed by atoms with Gasteiger partial charge in [-0.2, -0.15) is 0 Å². The predicted molar refractivity (Wildman–Crippen MR) is 83.1 cm³/mol. The van der Waals surface area contributed by atoms with E-state index in [1.54, 1.807) is 12.3 Å². The van der Waals surface area contributed by atoms with E-state index in [2.05, 4.69) is 10.6 Å². The van der Waals surface area contributed by atoms with Crippen LogP contribution in [0.3, 0.4) is 0 Å². The van der Waals surface area contributed by atoms with Crippen LogP contribution in [0.2, 0.25) is 0 Å². The van der Waals surface area contributed by atoms with Gasteiger partial charge in [0, 0.05) is 11.9 Å². The lowest BCUT2D eigenvalue weighted by atomic mass is 10.1. The number of nitrogens with one attached hydrogen (secondary N) is 2. The Bertz CT molecular complexity index is 614. The highest BCUT2D eigenvalue weighted by Crippen LogP contribution is 2.20. The Labute approximate surface area is 119 Å². The van der Waals surface area contributed by atoms with E-state index in [1.165, 1.54) is 0 Å². The molecule has 0 radical (unpaired) electrons. The van der Waals surface area contributed by atoms with E-state index in [0.29, 0.717) is 5.56 Å². The zero-order valence-corrected chi connectivity index (χ0v) is 11.7. The summed E-state index contributed by atoms with van der Waals surface area (Å²) in [6, 6.07) is 17.2. The Kier molecular flexibility index (Phi) is 4.56. The van der Waals surface area contributed by atoms with E-state index in [-0.39, 0.29) is 5.91 Å². The summed E-state index contributed by atoms with van der Waals surface area (Å²) < 4.78 is 0. The fourth-order valence-electron chi connectivity index (χ4n) is 1.75. The van der Waals surface area contributed by atoms with Gasteiger partial charge in [0.2, 0.25) is 0 Å². The molecule has 0 saturated carbocycles. The largest absolute Gasteiger partial charge is 0.355 e. The minimum atomic E-state index is -0.120. The third-order valence-electron chi connectivity index (χ3n) is 2.72. The molecule has 0 aliphatic heterocycles. The zero-order chi connectivity index (χ0) is 14.4. The van der Waals surface area contributed by atoms with Gasteiger partial charge in [0.05, 0.1) is 11.3 Å². The molecule has 0 aliphatic rings. The maximum atomic E-state index is 12.2. The van der Waals surface area contributed by atoms with Crippen LogP contribution in [0.15, 0.2) is 66.4 Å². The van der Waals surface area contributed by atoms with Crippen molar-refractivity contribution in [3.05, 3.63) is 71.9 Å². The Morgan fingerprint density at radius 1 is 0.950 bits per heavy atom. The van der Waals surface area contributed by atoms with E-state index in [9.17, 15) is 4.79 Å². The van der Waals surface area contributed by atoms with Crippen molar-refractivity contribution in [2.24, 2.45) is 0 Å². The lowest BCUT2D eigenvalue weighted by Crippen LogP contribution is -2.18. The van der Waals surface area contributed by atoms with E-state index in [1.807, 2.05) is 62.4 Å². The number of rotatable bonds is 4. The van der Waals surface area contributed by atoms with Gasteiger partial charge in [-0.05, 0) is 38.1 Å². The molecule has 2 rings (SSSR count). The summed E-state index contributed by atoms with van der Waals surface area (Å²) in [5.74, 6) is -0.120. The van der Waals surface area contributed by atoms with Gasteiger partial charge in [-0.25, -0.2) is 0 Å². The average Bonchev–Trinajstić information content (AvgIpc) is 2.46. The van der Waals surface area contributed by atoms with Gasteiger partial charge >= 0.3 is 0 Å². The summed E-state index contributed by atoms with van der Waals surface area (Å²) in [6.45, 7) is 3.88. The third kappa shape index (κ3) is 3.72. The first-order valence-corrected chi connectivity index (χ1v) is 6.52. The molecule has 0 spiro atoms. The molecule has 3 heteroatoms. The molecule has 102 valence electrons. The van der Waals surface area contributed by atoms with Gasteiger partial charge in [-0.1, -0.05) is 35.9 Å². The van der Waals surface area contributed by atoms with E-state index >= 15 is 0 Å². The topological polar surface area (TPSA) is 41.1 Å². The number of carbonyl (C=O) groups is 1. The van der Waals surface area contributed by atoms with Crippen molar-refractivity contribution in [3.63, 3.8) is 0 Å². The summed E-state index contributed by atoms with van der Waals surface area (Å²) in [6.07, 6.45) is 1.71. The Hall–Kier alpha value is -2.55.